The number of benzene rings is 3. The smallest absolute Gasteiger partial charge is 0.356 e. The number of carboxylic acids is 1. The highest BCUT2D eigenvalue weighted by atomic mass is 16.5. The van der Waals surface area contributed by atoms with E-state index in [0.29, 0.717) is 30.0 Å². The molecular weight excluding hydrogens is 376 g/mol. The van der Waals surface area contributed by atoms with Crippen molar-refractivity contribution in [2.24, 2.45) is 0 Å². The molecule has 0 aliphatic rings. The number of aromatic nitrogens is 1. The second kappa shape index (κ2) is 8.66. The van der Waals surface area contributed by atoms with Crippen molar-refractivity contribution in [2.45, 2.75) is 13.0 Å². The van der Waals surface area contributed by atoms with Gasteiger partial charge in [0, 0.05) is 12.4 Å². The third-order valence-corrected chi connectivity index (χ3v) is 4.97. The Morgan fingerprint density at radius 3 is 2.23 bits per heavy atom. The van der Waals surface area contributed by atoms with Crippen LogP contribution in [0.3, 0.4) is 0 Å². The Bertz CT molecular complexity index is 1180. The molecule has 3 aromatic carbocycles. The van der Waals surface area contributed by atoms with E-state index in [-0.39, 0.29) is 5.69 Å². The number of carbonyl (C=O) groups is 1. The van der Waals surface area contributed by atoms with Crippen molar-refractivity contribution in [1.82, 2.24) is 4.98 Å². The van der Waals surface area contributed by atoms with Gasteiger partial charge in [0.15, 0.2) is 11.4 Å². The van der Waals surface area contributed by atoms with Crippen molar-refractivity contribution in [2.75, 3.05) is 12.4 Å². The van der Waals surface area contributed by atoms with E-state index in [1.54, 1.807) is 7.05 Å². The summed E-state index contributed by atoms with van der Waals surface area (Å²) in [6.07, 6.45) is 0.654. The Kier molecular flexibility index (Phi) is 5.61. The van der Waals surface area contributed by atoms with Gasteiger partial charge in [-0.3, -0.25) is 0 Å². The quantitative estimate of drug-likeness (QED) is 0.451. The van der Waals surface area contributed by atoms with Crippen LogP contribution in [0.4, 0.5) is 5.69 Å². The normalized spacial score (nSPS) is 10.7. The van der Waals surface area contributed by atoms with E-state index < -0.39 is 5.97 Å². The van der Waals surface area contributed by atoms with Crippen LogP contribution >= 0.6 is 0 Å². The molecule has 30 heavy (non-hydrogen) atoms. The van der Waals surface area contributed by atoms with Crippen LogP contribution in [0.15, 0.2) is 78.9 Å². The largest absolute Gasteiger partial charge is 0.486 e. The molecule has 4 aromatic rings. The van der Waals surface area contributed by atoms with E-state index in [1.807, 2.05) is 78.9 Å². The van der Waals surface area contributed by atoms with Crippen molar-refractivity contribution in [3.8, 4) is 5.75 Å². The van der Waals surface area contributed by atoms with Gasteiger partial charge in [0.05, 0.1) is 5.52 Å². The van der Waals surface area contributed by atoms with E-state index in [0.717, 1.165) is 22.1 Å². The Morgan fingerprint density at radius 1 is 0.933 bits per heavy atom. The molecule has 0 fully saturated rings. The lowest BCUT2D eigenvalue weighted by atomic mass is 10.0. The Hall–Kier alpha value is -3.86. The molecule has 5 heteroatoms. The van der Waals surface area contributed by atoms with Gasteiger partial charge in [0.2, 0.25) is 0 Å². The fourth-order valence-corrected chi connectivity index (χ4v) is 3.54. The molecule has 0 spiro atoms. The van der Waals surface area contributed by atoms with Crippen molar-refractivity contribution >= 4 is 22.6 Å². The molecule has 0 aliphatic carbocycles. The van der Waals surface area contributed by atoms with Gasteiger partial charge in [-0.2, -0.15) is 0 Å². The number of pyridine rings is 1. The predicted molar refractivity (Wildman–Crippen MR) is 118 cm³/mol. The number of aromatic carboxylic acids is 1. The van der Waals surface area contributed by atoms with E-state index in [4.69, 9.17) is 4.74 Å². The topological polar surface area (TPSA) is 71.5 Å². The highest BCUT2D eigenvalue weighted by Crippen LogP contribution is 2.37. The molecule has 4 rings (SSSR count). The number of nitrogens with one attached hydrogen (secondary N) is 1. The summed E-state index contributed by atoms with van der Waals surface area (Å²) in [5.41, 5.74) is 4.06. The number of ether oxygens (including phenoxy) is 1. The molecule has 1 heterocycles. The standard InChI is InChI=1S/C25H22N2O3/c1-26-22-23(25(28)29)27-21-19(15-17-9-4-2-5-10-17)13-8-14-20(21)24(22)30-16-18-11-6-3-7-12-18/h2-14,26H,15-16H2,1H3,(H,28,29). The SMILES string of the molecule is CNc1c(C(=O)O)nc2c(Cc3ccccc3)cccc2c1OCc1ccccc1. The average molecular weight is 398 g/mol. The van der Waals surface area contributed by atoms with E-state index in [2.05, 4.69) is 10.3 Å². The van der Waals surface area contributed by atoms with Gasteiger partial charge >= 0.3 is 5.97 Å². The molecule has 5 nitrogen and oxygen atoms in total. The molecule has 150 valence electrons. The second-order valence-electron chi connectivity index (χ2n) is 6.97. The van der Waals surface area contributed by atoms with Gasteiger partial charge < -0.3 is 15.2 Å². The highest BCUT2D eigenvalue weighted by molar-refractivity contribution is 6.02. The van der Waals surface area contributed by atoms with E-state index >= 15 is 0 Å². The summed E-state index contributed by atoms with van der Waals surface area (Å²) in [6.45, 7) is 0.330. The Balaban J connectivity index is 1.85. The maximum Gasteiger partial charge on any atom is 0.356 e. The van der Waals surface area contributed by atoms with Crippen molar-refractivity contribution in [3.05, 3.63) is 101 Å². The number of carboxylic acid groups (broad SMARTS) is 1. The molecule has 0 atom stereocenters. The fourth-order valence-electron chi connectivity index (χ4n) is 3.54. The number of para-hydroxylation sites is 1. The van der Waals surface area contributed by atoms with E-state index in [1.165, 1.54) is 0 Å². The molecule has 2 N–H and O–H groups in total. The van der Waals surface area contributed by atoms with Crippen LogP contribution in [0.2, 0.25) is 0 Å². The summed E-state index contributed by atoms with van der Waals surface area (Å²) in [5.74, 6) is -0.598. The molecule has 0 saturated heterocycles. The van der Waals surface area contributed by atoms with Crippen LogP contribution in [-0.2, 0) is 13.0 Å². The first-order chi connectivity index (χ1) is 14.7. The van der Waals surface area contributed by atoms with Gasteiger partial charge in [-0.1, -0.05) is 72.8 Å². The summed E-state index contributed by atoms with van der Waals surface area (Å²) in [7, 11) is 1.68. The fraction of sp³-hybridized carbons (Fsp3) is 0.120. The maximum absolute atomic E-state index is 12.0. The minimum atomic E-state index is -1.10. The zero-order valence-electron chi connectivity index (χ0n) is 16.6. The number of hydrogen-bond acceptors (Lipinski definition) is 4. The predicted octanol–water partition coefficient (Wildman–Crippen LogP) is 5.14. The number of rotatable bonds is 7. The van der Waals surface area contributed by atoms with Crippen molar-refractivity contribution in [1.29, 1.82) is 0 Å². The highest BCUT2D eigenvalue weighted by Gasteiger charge is 2.21. The number of anilines is 1. The van der Waals surface area contributed by atoms with Gasteiger partial charge in [0.25, 0.3) is 0 Å². The van der Waals surface area contributed by atoms with Gasteiger partial charge in [0.1, 0.15) is 12.3 Å². The van der Waals surface area contributed by atoms with Crippen LogP contribution in [-0.4, -0.2) is 23.1 Å². The van der Waals surface area contributed by atoms with Crippen LogP contribution in [0.25, 0.3) is 10.9 Å². The molecule has 0 radical (unpaired) electrons. The minimum absolute atomic E-state index is 0.0476. The molecule has 1 aromatic heterocycles. The molecule has 0 unspecified atom stereocenters. The summed E-state index contributed by atoms with van der Waals surface area (Å²) < 4.78 is 6.16. The van der Waals surface area contributed by atoms with Gasteiger partial charge in [-0.15, -0.1) is 0 Å². The lowest BCUT2D eigenvalue weighted by Gasteiger charge is -2.17. The third kappa shape index (κ3) is 3.96. The second-order valence-corrected chi connectivity index (χ2v) is 6.97. The molecular formula is C25H22N2O3. The first-order valence-electron chi connectivity index (χ1n) is 9.74. The van der Waals surface area contributed by atoms with E-state index in [9.17, 15) is 9.90 Å². The number of nitrogens with zero attached hydrogens (tertiary/aromatic N) is 1. The Morgan fingerprint density at radius 2 is 1.60 bits per heavy atom. The molecule has 0 aliphatic heterocycles. The van der Waals surface area contributed by atoms with Crippen LogP contribution < -0.4 is 10.1 Å². The zero-order valence-corrected chi connectivity index (χ0v) is 16.6. The third-order valence-electron chi connectivity index (χ3n) is 4.97. The maximum atomic E-state index is 12.0. The lowest BCUT2D eigenvalue weighted by Crippen LogP contribution is -2.10. The monoisotopic (exact) mass is 398 g/mol. The number of fused-ring (bicyclic) bond motifs is 1. The number of hydrogen-bond donors (Lipinski definition) is 2. The molecule has 0 saturated carbocycles. The molecule has 0 bridgehead atoms. The zero-order chi connectivity index (χ0) is 20.9. The van der Waals surface area contributed by atoms with Crippen molar-refractivity contribution < 1.29 is 14.6 Å². The first-order valence-corrected chi connectivity index (χ1v) is 9.74. The molecule has 0 amide bonds. The first kappa shape index (κ1) is 19.5. The van der Waals surface area contributed by atoms with Gasteiger partial charge in [-0.25, -0.2) is 9.78 Å². The summed E-state index contributed by atoms with van der Waals surface area (Å²) >= 11 is 0. The Labute approximate surface area is 175 Å². The summed E-state index contributed by atoms with van der Waals surface area (Å²) in [4.78, 5) is 16.5. The lowest BCUT2D eigenvalue weighted by molar-refractivity contribution is 0.0691. The average Bonchev–Trinajstić information content (AvgIpc) is 2.78. The van der Waals surface area contributed by atoms with Crippen LogP contribution in [0.5, 0.6) is 5.75 Å². The van der Waals surface area contributed by atoms with Crippen LogP contribution in [0, 0.1) is 0 Å². The summed E-state index contributed by atoms with van der Waals surface area (Å²) in [6, 6.07) is 25.7. The van der Waals surface area contributed by atoms with Crippen molar-refractivity contribution in [3.63, 3.8) is 0 Å². The summed E-state index contributed by atoms with van der Waals surface area (Å²) in [5, 5.41) is 13.5. The minimum Gasteiger partial charge on any atom is -0.486 e. The van der Waals surface area contributed by atoms with Gasteiger partial charge in [-0.05, 0) is 29.2 Å². The van der Waals surface area contributed by atoms with Crippen LogP contribution in [0.1, 0.15) is 27.2 Å².